The number of aryl methyl sites for hydroxylation is 2. The van der Waals surface area contributed by atoms with E-state index in [2.05, 4.69) is 10.1 Å². The molecule has 2 aliphatic carbocycles. The zero-order valence-corrected chi connectivity index (χ0v) is 30.3. The smallest absolute Gasteiger partial charge is 0.410 e. The standard InChI is InChI=1S/C36H45N7O6S/c1-7-41(34(46)49-35(2,3)4)23-30-27(20-40(6)38-30)25-11-8-16-36(5,19-25)50(47,48)43-22-28(26-12-9-17-37-33(26)43)29-21-42(18-10-13-31(44)45)39-32(29)24-14-15-24/h8-9,11-12,17,19-22,24H,7,10,13-16,18,23H2,1-6H3,(H,44,45). The quantitative estimate of drug-likeness (QED) is 0.184. The summed E-state index contributed by atoms with van der Waals surface area (Å²) in [4.78, 5) is 30.2. The lowest BCUT2D eigenvalue weighted by molar-refractivity contribution is -0.137. The monoisotopic (exact) mass is 703 g/mol. The van der Waals surface area contributed by atoms with Crippen LogP contribution in [0, 0.1) is 0 Å². The molecule has 1 fully saturated rings. The molecule has 0 aromatic carbocycles. The van der Waals surface area contributed by atoms with E-state index in [0.717, 1.165) is 35.2 Å². The molecule has 4 heterocycles. The van der Waals surface area contributed by atoms with E-state index in [-0.39, 0.29) is 25.3 Å². The molecule has 14 heteroatoms. The lowest BCUT2D eigenvalue weighted by Gasteiger charge is -2.29. The number of pyridine rings is 1. The first-order valence-electron chi connectivity index (χ1n) is 17.0. The highest BCUT2D eigenvalue weighted by Crippen LogP contribution is 2.46. The number of ether oxygens (including phenoxy) is 1. The molecule has 0 bridgehead atoms. The first-order chi connectivity index (χ1) is 23.6. The van der Waals surface area contributed by atoms with Crippen LogP contribution in [-0.4, -0.2) is 75.9 Å². The number of carbonyl (C=O) groups is 2. The van der Waals surface area contributed by atoms with Gasteiger partial charge in [0, 0.05) is 79.3 Å². The number of amides is 1. The van der Waals surface area contributed by atoms with Crippen molar-refractivity contribution in [1.82, 2.24) is 33.4 Å². The molecule has 1 unspecified atom stereocenters. The van der Waals surface area contributed by atoms with Crippen molar-refractivity contribution in [3.63, 3.8) is 0 Å². The number of aliphatic carboxylic acids is 1. The van der Waals surface area contributed by atoms with E-state index in [9.17, 15) is 18.0 Å². The van der Waals surface area contributed by atoms with Gasteiger partial charge in [0.25, 0.3) is 0 Å². The van der Waals surface area contributed by atoms with Crippen LogP contribution >= 0.6 is 0 Å². The highest BCUT2D eigenvalue weighted by atomic mass is 32.2. The van der Waals surface area contributed by atoms with Gasteiger partial charge in [0.05, 0.1) is 17.9 Å². The summed E-state index contributed by atoms with van der Waals surface area (Å²) >= 11 is 0. The summed E-state index contributed by atoms with van der Waals surface area (Å²) in [6.07, 6.45) is 14.8. The predicted octanol–water partition coefficient (Wildman–Crippen LogP) is 6.11. The number of carboxylic acids is 1. The second-order valence-corrected chi connectivity index (χ2v) is 16.6. The molecule has 0 saturated heterocycles. The van der Waals surface area contributed by atoms with Gasteiger partial charge in [-0.1, -0.05) is 18.2 Å². The summed E-state index contributed by atoms with van der Waals surface area (Å²) in [7, 11) is -2.30. The Morgan fingerprint density at radius 3 is 2.56 bits per heavy atom. The normalized spacial score (nSPS) is 18.0. The van der Waals surface area contributed by atoms with Gasteiger partial charge < -0.3 is 14.7 Å². The number of carboxylic acid groups (broad SMARTS) is 1. The zero-order chi connectivity index (χ0) is 36.0. The average molecular weight is 704 g/mol. The zero-order valence-electron chi connectivity index (χ0n) is 29.5. The first kappa shape index (κ1) is 35.1. The van der Waals surface area contributed by atoms with E-state index in [4.69, 9.17) is 14.9 Å². The van der Waals surface area contributed by atoms with Crippen LogP contribution in [0.3, 0.4) is 0 Å². The Morgan fingerprint density at radius 1 is 1.12 bits per heavy atom. The minimum absolute atomic E-state index is 0.0408. The van der Waals surface area contributed by atoms with Gasteiger partial charge in [0.1, 0.15) is 10.3 Å². The summed E-state index contributed by atoms with van der Waals surface area (Å²) in [6.45, 7) is 10.1. The summed E-state index contributed by atoms with van der Waals surface area (Å²) in [6, 6.07) is 3.67. The second-order valence-electron chi connectivity index (χ2n) is 14.4. The molecule has 0 aliphatic heterocycles. The number of carbonyl (C=O) groups excluding carboxylic acids is 1. The van der Waals surface area contributed by atoms with Crippen molar-refractivity contribution in [2.45, 2.75) is 96.1 Å². The van der Waals surface area contributed by atoms with E-state index >= 15 is 0 Å². The molecule has 266 valence electrons. The second kappa shape index (κ2) is 13.2. The fourth-order valence-corrected chi connectivity index (χ4v) is 8.02. The Bertz CT molecular complexity index is 2110. The minimum atomic E-state index is -4.10. The molecule has 2 aliphatic rings. The lowest BCUT2D eigenvalue weighted by Crippen LogP contribution is -2.38. The Kier molecular flexibility index (Phi) is 9.27. The van der Waals surface area contributed by atoms with Crippen molar-refractivity contribution in [2.24, 2.45) is 7.05 Å². The molecule has 1 saturated carbocycles. The number of aromatic nitrogens is 6. The number of hydrogen-bond donors (Lipinski definition) is 1. The Labute approximate surface area is 292 Å². The van der Waals surface area contributed by atoms with Crippen LogP contribution < -0.4 is 0 Å². The first-order valence-corrected chi connectivity index (χ1v) is 18.4. The van der Waals surface area contributed by atoms with Crippen LogP contribution in [-0.2, 0) is 39.7 Å². The van der Waals surface area contributed by atoms with E-state index in [1.165, 1.54) is 3.97 Å². The van der Waals surface area contributed by atoms with Crippen molar-refractivity contribution in [2.75, 3.05) is 6.54 Å². The summed E-state index contributed by atoms with van der Waals surface area (Å²) < 4.78 is 38.6. The Hall–Kier alpha value is -4.72. The SMILES string of the molecule is CCN(Cc1nn(C)cc1C1=CC(C)(S(=O)(=O)n2cc(-c3cn(CCCC(=O)O)nc3C3CC3)c3cccnc32)CC=C1)C(=O)OC(C)(C)C. The minimum Gasteiger partial charge on any atom is -0.481 e. The van der Waals surface area contributed by atoms with Gasteiger partial charge in [-0.2, -0.15) is 10.2 Å². The van der Waals surface area contributed by atoms with Crippen molar-refractivity contribution in [3.8, 4) is 11.1 Å². The number of fused-ring (bicyclic) bond motifs is 1. The van der Waals surface area contributed by atoms with Crippen LogP contribution in [0.4, 0.5) is 4.79 Å². The third-order valence-corrected chi connectivity index (χ3v) is 11.3. The average Bonchev–Trinajstić information content (AvgIpc) is 3.51. The van der Waals surface area contributed by atoms with E-state index in [1.54, 1.807) is 52.8 Å². The third-order valence-electron chi connectivity index (χ3n) is 9.07. The third kappa shape index (κ3) is 6.98. The Balaban J connectivity index is 1.37. The van der Waals surface area contributed by atoms with E-state index in [1.807, 2.05) is 58.3 Å². The molecular weight excluding hydrogens is 659 g/mol. The molecular formula is C36H45N7O6S. The van der Waals surface area contributed by atoms with Crippen molar-refractivity contribution in [1.29, 1.82) is 0 Å². The molecule has 1 N–H and O–H groups in total. The molecule has 4 aromatic heterocycles. The topological polar surface area (TPSA) is 154 Å². The van der Waals surface area contributed by atoms with Gasteiger partial charge in [-0.25, -0.2) is 22.2 Å². The van der Waals surface area contributed by atoms with Crippen molar-refractivity contribution >= 4 is 38.7 Å². The highest BCUT2D eigenvalue weighted by molar-refractivity contribution is 7.91. The maximum absolute atomic E-state index is 14.8. The highest BCUT2D eigenvalue weighted by Gasteiger charge is 2.42. The maximum atomic E-state index is 14.8. The maximum Gasteiger partial charge on any atom is 0.410 e. The van der Waals surface area contributed by atoms with E-state index in [0.29, 0.717) is 41.8 Å². The molecule has 6 rings (SSSR count). The largest absolute Gasteiger partial charge is 0.481 e. The van der Waals surface area contributed by atoms with Crippen LogP contribution in [0.2, 0.25) is 0 Å². The number of nitrogens with zero attached hydrogens (tertiary/aromatic N) is 7. The molecule has 1 atom stereocenters. The lowest BCUT2D eigenvalue weighted by atomic mass is 9.93. The number of rotatable bonds is 12. The van der Waals surface area contributed by atoms with E-state index < -0.39 is 32.4 Å². The Morgan fingerprint density at radius 2 is 1.88 bits per heavy atom. The number of allylic oxidation sites excluding steroid dienone is 3. The van der Waals surface area contributed by atoms with Gasteiger partial charge in [-0.3, -0.25) is 14.2 Å². The molecule has 1 amide bonds. The summed E-state index contributed by atoms with van der Waals surface area (Å²) in [5.74, 6) is -0.581. The van der Waals surface area contributed by atoms with Crippen LogP contribution in [0.25, 0.3) is 27.7 Å². The van der Waals surface area contributed by atoms with Gasteiger partial charge >= 0.3 is 12.1 Å². The summed E-state index contributed by atoms with van der Waals surface area (Å²) in [5.41, 5.74) is 4.17. The molecule has 50 heavy (non-hydrogen) atoms. The van der Waals surface area contributed by atoms with Crippen LogP contribution in [0.15, 0.2) is 55.1 Å². The summed E-state index contributed by atoms with van der Waals surface area (Å²) in [5, 5.41) is 19.3. The van der Waals surface area contributed by atoms with Crippen molar-refractivity contribution < 1.29 is 27.9 Å². The number of hydrogen-bond acceptors (Lipinski definition) is 8. The molecule has 13 nitrogen and oxygen atoms in total. The van der Waals surface area contributed by atoms with Crippen LogP contribution in [0.5, 0.6) is 0 Å². The fraction of sp³-hybridized carbons (Fsp3) is 0.472. The fourth-order valence-electron chi connectivity index (χ4n) is 6.37. The van der Waals surface area contributed by atoms with Gasteiger partial charge in [0.2, 0.25) is 10.0 Å². The van der Waals surface area contributed by atoms with Crippen LogP contribution in [0.1, 0.15) is 89.6 Å². The molecule has 4 aromatic rings. The van der Waals surface area contributed by atoms with Gasteiger partial charge in [-0.15, -0.1) is 0 Å². The molecule has 0 spiro atoms. The van der Waals surface area contributed by atoms with Gasteiger partial charge in [-0.05, 0) is 78.0 Å². The predicted molar refractivity (Wildman–Crippen MR) is 190 cm³/mol. The van der Waals surface area contributed by atoms with Crippen molar-refractivity contribution in [3.05, 3.63) is 72.1 Å². The molecule has 0 radical (unpaired) electrons. The van der Waals surface area contributed by atoms with Gasteiger partial charge in [0.15, 0.2) is 5.65 Å².